The van der Waals surface area contributed by atoms with Crippen molar-refractivity contribution in [1.29, 1.82) is 0 Å². The molecule has 2 saturated heterocycles. The van der Waals surface area contributed by atoms with Gasteiger partial charge in [0.25, 0.3) is 0 Å². The average Bonchev–Trinajstić information content (AvgIpc) is 2.71. The molecule has 2 aliphatic heterocycles. The molecule has 2 aliphatic rings. The molecule has 2 fully saturated rings. The van der Waals surface area contributed by atoms with Crippen molar-refractivity contribution < 1.29 is 9.31 Å². The second-order valence-electron chi connectivity index (χ2n) is 8.01. The molecule has 0 saturated carbocycles. The summed E-state index contributed by atoms with van der Waals surface area (Å²) in [4.78, 5) is 4.85. The first-order valence-corrected chi connectivity index (χ1v) is 9.11. The Balaban J connectivity index is 0.00000169. The zero-order valence-corrected chi connectivity index (χ0v) is 18.6. The fourth-order valence-corrected chi connectivity index (χ4v) is 3.33. The summed E-state index contributed by atoms with van der Waals surface area (Å²) in [7, 11) is 1.81. The number of benzene rings is 1. The van der Waals surface area contributed by atoms with E-state index in [9.17, 15) is 0 Å². The first-order valence-electron chi connectivity index (χ1n) is 8.73. The van der Waals surface area contributed by atoms with Crippen LogP contribution in [0.25, 0.3) is 0 Å². The Morgan fingerprint density at radius 1 is 1.00 bits per heavy atom. The predicted octanol–water partition coefficient (Wildman–Crippen LogP) is 3.23. The van der Waals surface area contributed by atoms with Crippen LogP contribution >= 0.6 is 36.4 Å². The summed E-state index contributed by atoms with van der Waals surface area (Å²) >= 11 is 6.27. The highest BCUT2D eigenvalue weighted by molar-refractivity contribution is 6.63. The quantitative estimate of drug-likeness (QED) is 0.697. The number of halogens is 3. The van der Waals surface area contributed by atoms with E-state index >= 15 is 0 Å². The second-order valence-corrected chi connectivity index (χ2v) is 8.45. The van der Waals surface area contributed by atoms with Crippen molar-refractivity contribution in [2.24, 2.45) is 0 Å². The molecule has 8 heteroatoms. The molecule has 0 atom stereocenters. The van der Waals surface area contributed by atoms with Crippen LogP contribution in [-0.2, 0) is 15.9 Å². The maximum Gasteiger partial charge on any atom is 0.495 e. The van der Waals surface area contributed by atoms with Gasteiger partial charge in [0.15, 0.2) is 0 Å². The molecule has 1 aromatic carbocycles. The second kappa shape index (κ2) is 9.00. The van der Waals surface area contributed by atoms with E-state index < -0.39 is 0 Å². The number of hydrogen-bond acceptors (Lipinski definition) is 4. The van der Waals surface area contributed by atoms with E-state index in [1.807, 2.05) is 12.1 Å². The first kappa shape index (κ1) is 24.0. The van der Waals surface area contributed by atoms with Crippen LogP contribution in [-0.4, -0.2) is 61.3 Å². The van der Waals surface area contributed by atoms with Crippen molar-refractivity contribution in [2.45, 2.75) is 45.4 Å². The molecule has 0 unspecified atom stereocenters. The molecule has 4 nitrogen and oxygen atoms in total. The molecule has 0 N–H and O–H groups in total. The smallest absolute Gasteiger partial charge is 0.399 e. The summed E-state index contributed by atoms with van der Waals surface area (Å²) in [5.74, 6) is 0. The molecular formula is C18H30BCl3N2O2. The van der Waals surface area contributed by atoms with Gasteiger partial charge in [-0.05, 0) is 57.9 Å². The van der Waals surface area contributed by atoms with Crippen LogP contribution in [0.4, 0.5) is 0 Å². The number of hydrogen-bond donors (Lipinski definition) is 0. The van der Waals surface area contributed by atoms with E-state index in [0.29, 0.717) is 0 Å². The lowest BCUT2D eigenvalue weighted by Crippen LogP contribution is -2.45. The fraction of sp³-hybridized carbons (Fsp3) is 0.667. The minimum Gasteiger partial charge on any atom is -0.399 e. The van der Waals surface area contributed by atoms with E-state index in [1.54, 1.807) is 0 Å². The molecule has 1 aromatic rings. The van der Waals surface area contributed by atoms with Gasteiger partial charge in [-0.3, -0.25) is 4.90 Å². The Bertz CT molecular complexity index is 592. The van der Waals surface area contributed by atoms with E-state index in [2.05, 4.69) is 50.6 Å². The first-order chi connectivity index (χ1) is 11.2. The fourth-order valence-electron chi connectivity index (χ4n) is 3.15. The van der Waals surface area contributed by atoms with Gasteiger partial charge >= 0.3 is 7.12 Å². The van der Waals surface area contributed by atoms with Gasteiger partial charge in [0, 0.05) is 37.7 Å². The maximum atomic E-state index is 6.27. The van der Waals surface area contributed by atoms with Crippen LogP contribution in [0.15, 0.2) is 18.2 Å². The van der Waals surface area contributed by atoms with Gasteiger partial charge in [0.1, 0.15) is 0 Å². The summed E-state index contributed by atoms with van der Waals surface area (Å²) in [5, 5.41) is 0.724. The van der Waals surface area contributed by atoms with Gasteiger partial charge in [0.05, 0.1) is 11.2 Å². The van der Waals surface area contributed by atoms with Gasteiger partial charge in [-0.2, -0.15) is 0 Å². The standard InChI is InChI=1S/C18H28BClN2O2.2ClH/c1-17(2)18(3,4)24-19(23-17)16-12-15(20)7-6-14(16)13-22-10-8-21(5)9-11-22;;/h6-7,12H,8-11,13H2,1-5H3;2*1H. The van der Waals surface area contributed by atoms with Crippen LogP contribution in [0.2, 0.25) is 5.02 Å². The van der Waals surface area contributed by atoms with Crippen LogP contribution < -0.4 is 5.46 Å². The van der Waals surface area contributed by atoms with E-state index in [0.717, 1.165) is 43.2 Å². The normalized spacial score (nSPS) is 22.6. The van der Waals surface area contributed by atoms with Crippen LogP contribution in [0.3, 0.4) is 0 Å². The molecule has 148 valence electrons. The minimum atomic E-state index is -0.365. The zero-order chi connectivity index (χ0) is 17.5. The van der Waals surface area contributed by atoms with Gasteiger partial charge in [0.2, 0.25) is 0 Å². The van der Waals surface area contributed by atoms with Crippen molar-refractivity contribution >= 4 is 49.0 Å². The summed E-state index contributed by atoms with van der Waals surface area (Å²) < 4.78 is 12.5. The van der Waals surface area contributed by atoms with Gasteiger partial charge < -0.3 is 14.2 Å². The highest BCUT2D eigenvalue weighted by Crippen LogP contribution is 2.37. The molecule has 0 bridgehead atoms. The van der Waals surface area contributed by atoms with E-state index in [-0.39, 0.29) is 43.1 Å². The molecule has 0 spiro atoms. The SMILES string of the molecule is CN1CCN(Cc2ccc(Cl)cc2B2OC(C)(C)C(C)(C)O2)CC1.Cl.Cl. The number of nitrogens with zero attached hydrogens (tertiary/aromatic N) is 2. The van der Waals surface area contributed by atoms with Crippen molar-refractivity contribution in [2.75, 3.05) is 33.2 Å². The minimum absolute atomic E-state index is 0. The lowest BCUT2D eigenvalue weighted by atomic mass is 9.75. The molecular weight excluding hydrogens is 393 g/mol. The Morgan fingerprint density at radius 2 is 1.54 bits per heavy atom. The molecule has 26 heavy (non-hydrogen) atoms. The maximum absolute atomic E-state index is 6.27. The third-order valence-electron chi connectivity index (χ3n) is 5.60. The van der Waals surface area contributed by atoms with Gasteiger partial charge in [-0.25, -0.2) is 0 Å². The van der Waals surface area contributed by atoms with Crippen LogP contribution in [0, 0.1) is 0 Å². The Labute approximate surface area is 175 Å². The highest BCUT2D eigenvalue weighted by Gasteiger charge is 2.52. The van der Waals surface area contributed by atoms with Crippen molar-refractivity contribution in [3.05, 3.63) is 28.8 Å². The molecule has 0 aromatic heterocycles. The average molecular weight is 424 g/mol. The molecule has 3 rings (SSSR count). The summed E-state index contributed by atoms with van der Waals surface area (Å²) in [6, 6.07) is 6.07. The van der Waals surface area contributed by atoms with Crippen molar-refractivity contribution in [1.82, 2.24) is 9.80 Å². The molecule has 0 aliphatic carbocycles. The summed E-state index contributed by atoms with van der Waals surface area (Å²) in [6.45, 7) is 13.6. The van der Waals surface area contributed by atoms with E-state index in [1.165, 1.54) is 5.56 Å². The number of likely N-dealkylation sites (N-methyl/N-ethyl adjacent to an activating group) is 1. The molecule has 2 heterocycles. The molecule has 0 radical (unpaired) electrons. The monoisotopic (exact) mass is 422 g/mol. The Hall–Kier alpha value is -0.00506. The van der Waals surface area contributed by atoms with Crippen LogP contribution in [0.1, 0.15) is 33.3 Å². The zero-order valence-electron chi connectivity index (χ0n) is 16.3. The Kier molecular flexibility index (Phi) is 8.32. The van der Waals surface area contributed by atoms with E-state index in [4.69, 9.17) is 20.9 Å². The lowest BCUT2D eigenvalue weighted by molar-refractivity contribution is 0.00578. The summed E-state index contributed by atoms with van der Waals surface area (Å²) in [6.07, 6.45) is 0. The third-order valence-corrected chi connectivity index (χ3v) is 5.84. The van der Waals surface area contributed by atoms with Crippen molar-refractivity contribution in [3.8, 4) is 0 Å². The van der Waals surface area contributed by atoms with Gasteiger partial charge in [-0.15, -0.1) is 24.8 Å². The third kappa shape index (κ3) is 5.08. The number of piperazine rings is 1. The van der Waals surface area contributed by atoms with Crippen LogP contribution in [0.5, 0.6) is 0 Å². The topological polar surface area (TPSA) is 24.9 Å². The highest BCUT2D eigenvalue weighted by atomic mass is 35.5. The lowest BCUT2D eigenvalue weighted by Gasteiger charge is -2.33. The largest absolute Gasteiger partial charge is 0.495 e. The molecule has 0 amide bonds. The van der Waals surface area contributed by atoms with Gasteiger partial charge in [-0.1, -0.05) is 17.7 Å². The Morgan fingerprint density at radius 3 is 2.08 bits per heavy atom. The van der Waals surface area contributed by atoms with Crippen molar-refractivity contribution in [3.63, 3.8) is 0 Å². The number of rotatable bonds is 3. The predicted molar refractivity (Wildman–Crippen MR) is 114 cm³/mol. The summed E-state index contributed by atoms with van der Waals surface area (Å²) in [5.41, 5.74) is 1.61.